The minimum Gasteiger partial charge on any atom is -0.496 e. The summed E-state index contributed by atoms with van der Waals surface area (Å²) in [6, 6.07) is 21.1. The van der Waals surface area contributed by atoms with Gasteiger partial charge in [-0.3, -0.25) is 4.79 Å². The minimum atomic E-state index is -0.0823. The van der Waals surface area contributed by atoms with Gasteiger partial charge in [-0.2, -0.15) is 0 Å². The first-order valence-corrected chi connectivity index (χ1v) is 8.79. The lowest BCUT2D eigenvalue weighted by Crippen LogP contribution is -2.26. The van der Waals surface area contributed by atoms with Gasteiger partial charge in [0.25, 0.3) is 5.91 Å². The van der Waals surface area contributed by atoms with Crippen LogP contribution in [0.5, 0.6) is 5.75 Å². The SMILES string of the molecule is COc1ccccc1/C=C(/C(=O)N(C)Cc1ccc(C)o1)c1ccccc1. The second kappa shape index (κ2) is 8.41. The summed E-state index contributed by atoms with van der Waals surface area (Å²) in [6.45, 7) is 2.30. The molecule has 1 heterocycles. The van der Waals surface area contributed by atoms with Gasteiger partial charge in [0.15, 0.2) is 0 Å². The molecular weight excluding hydrogens is 338 g/mol. The van der Waals surface area contributed by atoms with E-state index < -0.39 is 0 Å². The summed E-state index contributed by atoms with van der Waals surface area (Å²) in [5, 5.41) is 0. The third-order valence-electron chi connectivity index (χ3n) is 4.29. The van der Waals surface area contributed by atoms with Crippen LogP contribution in [-0.4, -0.2) is 25.0 Å². The lowest BCUT2D eigenvalue weighted by molar-refractivity contribution is -0.124. The maximum Gasteiger partial charge on any atom is 0.254 e. The highest BCUT2D eigenvalue weighted by molar-refractivity contribution is 6.24. The van der Waals surface area contributed by atoms with Gasteiger partial charge in [-0.15, -0.1) is 0 Å². The van der Waals surface area contributed by atoms with E-state index in [-0.39, 0.29) is 5.91 Å². The number of hydrogen-bond acceptors (Lipinski definition) is 3. The molecule has 3 rings (SSSR count). The Morgan fingerprint density at radius 2 is 1.74 bits per heavy atom. The maximum atomic E-state index is 13.2. The second-order valence-electron chi connectivity index (χ2n) is 6.34. The van der Waals surface area contributed by atoms with Gasteiger partial charge in [-0.1, -0.05) is 48.5 Å². The van der Waals surface area contributed by atoms with Crippen LogP contribution in [0, 0.1) is 6.92 Å². The van der Waals surface area contributed by atoms with Crippen LogP contribution in [0.4, 0.5) is 0 Å². The summed E-state index contributed by atoms with van der Waals surface area (Å²) < 4.78 is 11.0. The standard InChI is InChI=1S/C23H23NO3/c1-17-13-14-20(27-17)16-24(2)23(25)21(18-9-5-4-6-10-18)15-19-11-7-8-12-22(19)26-3/h4-15H,16H2,1-3H3/b21-15+. The number of benzene rings is 2. The Balaban J connectivity index is 1.97. The first kappa shape index (κ1) is 18.5. The van der Waals surface area contributed by atoms with Crippen molar-refractivity contribution in [1.82, 2.24) is 4.90 Å². The van der Waals surface area contributed by atoms with Crippen molar-refractivity contribution in [2.24, 2.45) is 0 Å². The highest BCUT2D eigenvalue weighted by Gasteiger charge is 2.18. The third-order valence-corrected chi connectivity index (χ3v) is 4.29. The molecule has 0 saturated heterocycles. The first-order chi connectivity index (χ1) is 13.1. The van der Waals surface area contributed by atoms with E-state index in [2.05, 4.69) is 0 Å². The molecule has 4 heteroatoms. The van der Waals surface area contributed by atoms with Gasteiger partial charge in [0.2, 0.25) is 0 Å². The van der Waals surface area contributed by atoms with E-state index in [9.17, 15) is 4.79 Å². The van der Waals surface area contributed by atoms with Crippen LogP contribution in [0.1, 0.15) is 22.6 Å². The van der Waals surface area contributed by atoms with Gasteiger partial charge in [0.1, 0.15) is 17.3 Å². The van der Waals surface area contributed by atoms with Crippen molar-refractivity contribution >= 4 is 17.6 Å². The number of para-hydroxylation sites is 1. The normalized spacial score (nSPS) is 11.3. The van der Waals surface area contributed by atoms with E-state index in [1.807, 2.05) is 79.7 Å². The molecule has 0 aliphatic rings. The fraction of sp³-hybridized carbons (Fsp3) is 0.174. The lowest BCUT2D eigenvalue weighted by atomic mass is 10.0. The molecule has 1 amide bonds. The molecule has 27 heavy (non-hydrogen) atoms. The number of furan rings is 1. The molecule has 138 valence electrons. The van der Waals surface area contributed by atoms with Crippen LogP contribution in [0.25, 0.3) is 11.6 Å². The Kier molecular flexibility index (Phi) is 5.77. The average molecular weight is 361 g/mol. The van der Waals surface area contributed by atoms with Gasteiger partial charge in [0, 0.05) is 18.2 Å². The summed E-state index contributed by atoms with van der Waals surface area (Å²) in [4.78, 5) is 14.9. The van der Waals surface area contributed by atoms with Crippen molar-refractivity contribution in [2.45, 2.75) is 13.5 Å². The summed E-state index contributed by atoms with van der Waals surface area (Å²) in [7, 11) is 3.40. The molecule has 0 bridgehead atoms. The van der Waals surface area contributed by atoms with E-state index in [4.69, 9.17) is 9.15 Å². The molecule has 0 aliphatic heterocycles. The Hall–Kier alpha value is -3.27. The molecular formula is C23H23NO3. The number of nitrogens with zero attached hydrogens (tertiary/aromatic N) is 1. The number of hydrogen-bond donors (Lipinski definition) is 0. The maximum absolute atomic E-state index is 13.2. The predicted octanol–water partition coefficient (Wildman–Crippen LogP) is 4.80. The molecule has 0 aliphatic carbocycles. The van der Waals surface area contributed by atoms with Crippen LogP contribution in [0.2, 0.25) is 0 Å². The molecule has 0 radical (unpaired) electrons. The Bertz CT molecular complexity index is 941. The van der Waals surface area contributed by atoms with E-state index in [1.54, 1.807) is 19.1 Å². The van der Waals surface area contributed by atoms with Gasteiger partial charge >= 0.3 is 0 Å². The summed E-state index contributed by atoms with van der Waals surface area (Å²) in [5.74, 6) is 2.23. The molecule has 0 unspecified atom stereocenters. The van der Waals surface area contributed by atoms with Gasteiger partial charge < -0.3 is 14.1 Å². The summed E-state index contributed by atoms with van der Waals surface area (Å²) in [6.07, 6.45) is 1.88. The summed E-state index contributed by atoms with van der Waals surface area (Å²) in [5.41, 5.74) is 2.32. The van der Waals surface area contributed by atoms with Gasteiger partial charge in [0.05, 0.1) is 13.7 Å². The molecule has 0 fully saturated rings. The van der Waals surface area contributed by atoms with E-state index in [0.29, 0.717) is 12.1 Å². The molecule has 4 nitrogen and oxygen atoms in total. The number of rotatable bonds is 6. The third kappa shape index (κ3) is 4.47. The molecule has 2 aromatic carbocycles. The topological polar surface area (TPSA) is 42.7 Å². The van der Waals surface area contributed by atoms with Crippen LogP contribution in [0.15, 0.2) is 71.1 Å². The number of likely N-dealkylation sites (N-methyl/N-ethyl adjacent to an activating group) is 1. The Labute approximate surface area is 159 Å². The minimum absolute atomic E-state index is 0.0823. The van der Waals surface area contributed by atoms with Crippen LogP contribution in [0.3, 0.4) is 0 Å². The van der Waals surface area contributed by atoms with E-state index in [0.717, 1.165) is 28.4 Å². The predicted molar refractivity (Wildman–Crippen MR) is 107 cm³/mol. The van der Waals surface area contributed by atoms with Crippen LogP contribution >= 0.6 is 0 Å². The molecule has 0 spiro atoms. The highest BCUT2D eigenvalue weighted by Crippen LogP contribution is 2.26. The van der Waals surface area contributed by atoms with E-state index >= 15 is 0 Å². The molecule has 3 aromatic rings. The highest BCUT2D eigenvalue weighted by atomic mass is 16.5. The fourth-order valence-electron chi connectivity index (χ4n) is 2.91. The van der Waals surface area contributed by atoms with Crippen molar-refractivity contribution in [3.8, 4) is 5.75 Å². The zero-order valence-corrected chi connectivity index (χ0v) is 15.8. The lowest BCUT2D eigenvalue weighted by Gasteiger charge is -2.19. The average Bonchev–Trinajstić information content (AvgIpc) is 3.11. The number of methoxy groups -OCH3 is 1. The van der Waals surface area contributed by atoms with Crippen molar-refractivity contribution < 1.29 is 13.9 Å². The van der Waals surface area contributed by atoms with Gasteiger partial charge in [-0.05, 0) is 36.8 Å². The fourth-order valence-corrected chi connectivity index (χ4v) is 2.91. The van der Waals surface area contributed by atoms with Gasteiger partial charge in [-0.25, -0.2) is 0 Å². The monoisotopic (exact) mass is 361 g/mol. The number of aryl methyl sites for hydroxylation is 1. The Morgan fingerprint density at radius 3 is 2.41 bits per heavy atom. The van der Waals surface area contributed by atoms with E-state index in [1.165, 1.54) is 0 Å². The number of carbonyl (C=O) groups excluding carboxylic acids is 1. The zero-order chi connectivity index (χ0) is 19.2. The summed E-state index contributed by atoms with van der Waals surface area (Å²) >= 11 is 0. The quantitative estimate of drug-likeness (QED) is 0.468. The van der Waals surface area contributed by atoms with Crippen LogP contribution in [-0.2, 0) is 11.3 Å². The van der Waals surface area contributed by atoms with Crippen molar-refractivity contribution in [3.05, 3.63) is 89.4 Å². The first-order valence-electron chi connectivity index (χ1n) is 8.79. The second-order valence-corrected chi connectivity index (χ2v) is 6.34. The van der Waals surface area contributed by atoms with Crippen molar-refractivity contribution in [1.29, 1.82) is 0 Å². The number of amides is 1. The number of carbonyl (C=O) groups is 1. The van der Waals surface area contributed by atoms with Crippen LogP contribution < -0.4 is 4.74 Å². The number of ether oxygens (including phenoxy) is 1. The Morgan fingerprint density at radius 1 is 1.04 bits per heavy atom. The smallest absolute Gasteiger partial charge is 0.254 e. The van der Waals surface area contributed by atoms with Crippen molar-refractivity contribution in [2.75, 3.05) is 14.2 Å². The zero-order valence-electron chi connectivity index (χ0n) is 15.8. The molecule has 0 atom stereocenters. The molecule has 0 saturated carbocycles. The molecule has 0 N–H and O–H groups in total. The largest absolute Gasteiger partial charge is 0.496 e. The van der Waals surface area contributed by atoms with Crippen molar-refractivity contribution in [3.63, 3.8) is 0 Å². The molecule has 1 aromatic heterocycles.